The molecule has 0 radical (unpaired) electrons. The number of carbonyl (C=O) groups is 1. The van der Waals surface area contributed by atoms with Crippen molar-refractivity contribution >= 4 is 16.0 Å². The maximum absolute atomic E-state index is 14.5. The average Bonchev–Trinajstić information content (AvgIpc) is 3.00. The second-order valence-electron chi connectivity index (χ2n) is 5.91. The summed E-state index contributed by atoms with van der Waals surface area (Å²) in [5.41, 5.74) is 1.48. The number of hydrogen-bond donors (Lipinski definition) is 2. The van der Waals surface area contributed by atoms with E-state index in [-0.39, 0.29) is 16.2 Å². The number of ether oxygens (including phenoxy) is 1. The summed E-state index contributed by atoms with van der Waals surface area (Å²) in [5, 5.41) is 14.3. The van der Waals surface area contributed by atoms with Crippen LogP contribution in [-0.2, 0) is 21.2 Å². The summed E-state index contributed by atoms with van der Waals surface area (Å²) < 4.78 is 43.5. The normalized spacial score (nSPS) is 14.7. The minimum absolute atomic E-state index is 0.168. The Balaban J connectivity index is 2.13. The van der Waals surface area contributed by atoms with E-state index in [1.165, 1.54) is 25.1 Å². The minimum Gasteiger partial charge on any atom is -0.492 e. The summed E-state index contributed by atoms with van der Waals surface area (Å²) in [6, 6.07) is 7.04. The Hall–Kier alpha value is -2.45. The van der Waals surface area contributed by atoms with Crippen molar-refractivity contribution < 1.29 is 27.4 Å². The summed E-state index contributed by atoms with van der Waals surface area (Å²) in [7, 11) is -4.03. The fraction of sp³-hybridized carbons (Fsp3) is 0.235. The first-order valence-electron chi connectivity index (χ1n) is 7.53. The van der Waals surface area contributed by atoms with Crippen molar-refractivity contribution in [3.05, 3.63) is 47.3 Å². The molecule has 1 aliphatic heterocycles. The molecule has 0 aliphatic carbocycles. The van der Waals surface area contributed by atoms with Crippen LogP contribution < -0.4 is 9.88 Å². The maximum atomic E-state index is 14.5. The molecule has 6 nitrogen and oxygen atoms in total. The van der Waals surface area contributed by atoms with Crippen molar-refractivity contribution in [1.82, 2.24) is 0 Å². The Kier molecular flexibility index (Phi) is 4.26. The second kappa shape index (κ2) is 6.12. The van der Waals surface area contributed by atoms with E-state index in [2.05, 4.69) is 0 Å². The van der Waals surface area contributed by atoms with Gasteiger partial charge in [0.1, 0.15) is 16.5 Å². The van der Waals surface area contributed by atoms with Crippen molar-refractivity contribution in [3.63, 3.8) is 0 Å². The molecule has 0 fully saturated rings. The van der Waals surface area contributed by atoms with Crippen molar-refractivity contribution in [2.45, 2.75) is 24.2 Å². The minimum atomic E-state index is -4.03. The molecule has 0 aromatic heterocycles. The van der Waals surface area contributed by atoms with Crippen LogP contribution in [0.15, 0.2) is 35.2 Å². The van der Waals surface area contributed by atoms with Gasteiger partial charge in [0.25, 0.3) is 0 Å². The van der Waals surface area contributed by atoms with E-state index < -0.39 is 27.7 Å². The van der Waals surface area contributed by atoms with E-state index in [4.69, 9.17) is 15.0 Å². The van der Waals surface area contributed by atoms with Gasteiger partial charge in [-0.05, 0) is 41.8 Å². The molecule has 3 N–H and O–H groups in total. The van der Waals surface area contributed by atoms with Gasteiger partial charge >= 0.3 is 5.97 Å². The molecule has 0 amide bonds. The lowest BCUT2D eigenvalue weighted by Crippen LogP contribution is -2.13. The molecule has 1 unspecified atom stereocenters. The summed E-state index contributed by atoms with van der Waals surface area (Å²) in [4.78, 5) is 10.9. The van der Waals surface area contributed by atoms with Gasteiger partial charge in [0.2, 0.25) is 10.0 Å². The quantitative estimate of drug-likeness (QED) is 0.864. The van der Waals surface area contributed by atoms with Gasteiger partial charge in [-0.3, -0.25) is 4.79 Å². The van der Waals surface area contributed by atoms with E-state index in [1.54, 1.807) is 6.07 Å². The third-order valence-electron chi connectivity index (χ3n) is 4.23. The molecule has 0 saturated carbocycles. The molecule has 1 atom stereocenters. The number of sulfonamides is 1. The Labute approximate surface area is 144 Å². The highest BCUT2D eigenvalue weighted by atomic mass is 32.2. The van der Waals surface area contributed by atoms with E-state index in [0.29, 0.717) is 29.7 Å². The van der Waals surface area contributed by atoms with Gasteiger partial charge < -0.3 is 9.84 Å². The monoisotopic (exact) mass is 365 g/mol. The standard InChI is InChI=1S/C17H16FNO5S/c1-9(17(20)21)10-2-3-13(14(18)7-10)12-6-11-4-5-24-16(11)15(8-12)25(19,22)23/h2-3,6-9H,4-5H2,1H3,(H,20,21)(H2,19,22,23). The number of rotatable bonds is 4. The van der Waals surface area contributed by atoms with Crippen LogP contribution in [0, 0.1) is 5.82 Å². The maximum Gasteiger partial charge on any atom is 0.310 e. The number of nitrogens with two attached hydrogens (primary N) is 1. The van der Waals surface area contributed by atoms with Gasteiger partial charge in [0.15, 0.2) is 0 Å². The zero-order valence-corrected chi connectivity index (χ0v) is 14.1. The highest BCUT2D eigenvalue weighted by Crippen LogP contribution is 2.37. The summed E-state index contributed by atoms with van der Waals surface area (Å²) in [6.07, 6.45) is 0.501. The van der Waals surface area contributed by atoms with Crippen LogP contribution in [0.4, 0.5) is 4.39 Å². The molecule has 0 saturated heterocycles. The first kappa shape index (κ1) is 17.4. The number of benzene rings is 2. The summed E-state index contributed by atoms with van der Waals surface area (Å²) in [5.74, 6) is -2.33. The van der Waals surface area contributed by atoms with Crippen LogP contribution in [0.25, 0.3) is 11.1 Å². The molecule has 1 aliphatic rings. The highest BCUT2D eigenvalue weighted by Gasteiger charge is 2.25. The lowest BCUT2D eigenvalue weighted by atomic mass is 9.96. The van der Waals surface area contributed by atoms with Crippen molar-refractivity contribution in [2.75, 3.05) is 6.61 Å². The largest absolute Gasteiger partial charge is 0.492 e. The predicted molar refractivity (Wildman–Crippen MR) is 88.5 cm³/mol. The number of aliphatic carboxylic acids is 1. The first-order valence-corrected chi connectivity index (χ1v) is 9.08. The zero-order valence-electron chi connectivity index (χ0n) is 13.3. The SMILES string of the molecule is CC(C(=O)O)c1ccc(-c2cc3c(c(S(N)(=O)=O)c2)OCC3)c(F)c1. The molecular formula is C17H16FNO5S. The molecule has 8 heteroatoms. The molecule has 25 heavy (non-hydrogen) atoms. The first-order chi connectivity index (χ1) is 11.7. The summed E-state index contributed by atoms with van der Waals surface area (Å²) in [6.45, 7) is 1.79. The van der Waals surface area contributed by atoms with Gasteiger partial charge in [-0.25, -0.2) is 17.9 Å². The fourth-order valence-corrected chi connectivity index (χ4v) is 3.56. The number of carboxylic acid groups (broad SMARTS) is 1. The smallest absolute Gasteiger partial charge is 0.310 e. The molecule has 2 aromatic carbocycles. The third kappa shape index (κ3) is 3.22. The van der Waals surface area contributed by atoms with Crippen LogP contribution in [0.3, 0.4) is 0 Å². The van der Waals surface area contributed by atoms with E-state index >= 15 is 0 Å². The van der Waals surface area contributed by atoms with Crippen LogP contribution in [0.1, 0.15) is 24.0 Å². The zero-order chi connectivity index (χ0) is 18.4. The number of fused-ring (bicyclic) bond motifs is 1. The third-order valence-corrected chi connectivity index (χ3v) is 5.15. The van der Waals surface area contributed by atoms with Crippen LogP contribution >= 0.6 is 0 Å². The Morgan fingerprint density at radius 3 is 2.64 bits per heavy atom. The fourth-order valence-electron chi connectivity index (χ4n) is 2.82. The average molecular weight is 365 g/mol. The van der Waals surface area contributed by atoms with Gasteiger partial charge in [-0.2, -0.15) is 0 Å². The summed E-state index contributed by atoms with van der Waals surface area (Å²) >= 11 is 0. The molecule has 0 bridgehead atoms. The van der Waals surface area contributed by atoms with Gasteiger partial charge in [-0.1, -0.05) is 12.1 Å². The lowest BCUT2D eigenvalue weighted by Gasteiger charge is -2.12. The van der Waals surface area contributed by atoms with Crippen molar-refractivity contribution in [2.24, 2.45) is 5.14 Å². The van der Waals surface area contributed by atoms with E-state index in [1.807, 2.05) is 0 Å². The molecule has 3 rings (SSSR count). The van der Waals surface area contributed by atoms with Crippen molar-refractivity contribution in [1.29, 1.82) is 0 Å². The van der Waals surface area contributed by atoms with E-state index in [9.17, 15) is 17.6 Å². The number of halogens is 1. The van der Waals surface area contributed by atoms with Gasteiger partial charge in [-0.15, -0.1) is 0 Å². The predicted octanol–water partition coefficient (Wildman–Crippen LogP) is 2.26. The molecule has 132 valence electrons. The molecule has 1 heterocycles. The second-order valence-corrected chi connectivity index (χ2v) is 7.44. The topological polar surface area (TPSA) is 107 Å². The van der Waals surface area contributed by atoms with Crippen molar-refractivity contribution in [3.8, 4) is 16.9 Å². The number of carboxylic acids is 1. The highest BCUT2D eigenvalue weighted by molar-refractivity contribution is 7.89. The Morgan fingerprint density at radius 1 is 1.32 bits per heavy atom. The van der Waals surface area contributed by atoms with Gasteiger partial charge in [0, 0.05) is 12.0 Å². The molecule has 0 spiro atoms. The van der Waals surface area contributed by atoms with Crippen LogP contribution in [0.5, 0.6) is 5.75 Å². The Morgan fingerprint density at radius 2 is 2.04 bits per heavy atom. The Bertz CT molecular complexity index is 971. The molecule has 2 aromatic rings. The number of primary sulfonamides is 1. The lowest BCUT2D eigenvalue weighted by molar-refractivity contribution is -0.138. The van der Waals surface area contributed by atoms with Gasteiger partial charge in [0.05, 0.1) is 12.5 Å². The van der Waals surface area contributed by atoms with Crippen LogP contribution in [0.2, 0.25) is 0 Å². The van der Waals surface area contributed by atoms with Crippen LogP contribution in [-0.4, -0.2) is 26.1 Å². The number of hydrogen-bond acceptors (Lipinski definition) is 4. The van der Waals surface area contributed by atoms with E-state index in [0.717, 1.165) is 6.07 Å². The molecular weight excluding hydrogens is 349 g/mol.